The van der Waals surface area contributed by atoms with Crippen LogP contribution in [0.3, 0.4) is 0 Å². The summed E-state index contributed by atoms with van der Waals surface area (Å²) in [5, 5.41) is 2.61. The third kappa shape index (κ3) is 6.51. The van der Waals surface area contributed by atoms with Crippen molar-refractivity contribution in [1.29, 1.82) is 0 Å². The van der Waals surface area contributed by atoms with Gasteiger partial charge in [-0.3, -0.25) is 14.5 Å². The fraction of sp³-hybridized carbons (Fsp3) is 0.654. The van der Waals surface area contributed by atoms with Gasteiger partial charge in [0.15, 0.2) is 5.82 Å². The quantitative estimate of drug-likeness (QED) is 0.482. The number of likely N-dealkylation sites (N-methyl/N-ethyl adjacent to an activating group) is 2. The van der Waals surface area contributed by atoms with Crippen molar-refractivity contribution in [1.82, 2.24) is 10.2 Å². The summed E-state index contributed by atoms with van der Waals surface area (Å²) < 4.78 is 15.9. The number of anilines is 3. The molecule has 1 aliphatic carbocycles. The second-order valence-corrected chi connectivity index (χ2v) is 9.76. The molecule has 0 spiro atoms. The van der Waals surface area contributed by atoms with Crippen LogP contribution in [-0.2, 0) is 14.4 Å². The number of carbonyl (C=O) groups excluding carboxylic acids is 3. The van der Waals surface area contributed by atoms with E-state index in [0.717, 1.165) is 44.9 Å². The van der Waals surface area contributed by atoms with E-state index in [-0.39, 0.29) is 24.4 Å². The number of nitrogens with zero attached hydrogens (tertiary/aromatic N) is 4. The lowest BCUT2D eigenvalue weighted by Crippen LogP contribution is -2.48. The van der Waals surface area contributed by atoms with Crippen LogP contribution in [0, 0.1) is 11.7 Å². The highest BCUT2D eigenvalue weighted by atomic mass is 19.1. The fourth-order valence-electron chi connectivity index (χ4n) is 5.43. The number of benzene rings is 1. The van der Waals surface area contributed by atoms with Gasteiger partial charge in [0.05, 0.1) is 11.4 Å². The third-order valence-electron chi connectivity index (χ3n) is 7.49. The van der Waals surface area contributed by atoms with E-state index < -0.39 is 11.9 Å². The topological polar surface area (TPSA) is 76.2 Å². The molecule has 1 heterocycles. The van der Waals surface area contributed by atoms with Gasteiger partial charge in [0.25, 0.3) is 0 Å². The zero-order chi connectivity index (χ0) is 25.4. The van der Waals surface area contributed by atoms with Crippen molar-refractivity contribution in [3.63, 3.8) is 0 Å². The van der Waals surface area contributed by atoms with Gasteiger partial charge in [-0.1, -0.05) is 19.3 Å². The van der Waals surface area contributed by atoms with Gasteiger partial charge in [0, 0.05) is 60.3 Å². The molecule has 1 atom stereocenters. The van der Waals surface area contributed by atoms with Crippen molar-refractivity contribution in [2.75, 3.05) is 68.6 Å². The first-order chi connectivity index (χ1) is 16.9. The van der Waals surface area contributed by atoms with E-state index in [1.807, 2.05) is 4.90 Å². The molecule has 2 fully saturated rings. The zero-order valence-electron chi connectivity index (χ0n) is 21.3. The minimum atomic E-state index is -0.669. The summed E-state index contributed by atoms with van der Waals surface area (Å²) in [7, 11) is 4.72. The third-order valence-corrected chi connectivity index (χ3v) is 7.49. The number of halogens is 1. The predicted molar refractivity (Wildman–Crippen MR) is 138 cm³/mol. The van der Waals surface area contributed by atoms with E-state index in [4.69, 9.17) is 0 Å². The standard InChI is InChI=1S/C26H40FN5O3/c1-28-26(35)23(10-7-17-33)30(3)22-12-11-21(24(27)25(22)29(2)19-34)32-15-13-31(14-16-32)18-20-8-5-4-6-9-20/h11-12,17,19-20,23H,4-10,13-16,18H2,1-3H3,(H,28,35). The van der Waals surface area contributed by atoms with Gasteiger partial charge in [-0.15, -0.1) is 0 Å². The average Bonchev–Trinajstić information content (AvgIpc) is 2.89. The van der Waals surface area contributed by atoms with Crippen LogP contribution in [-0.4, -0.2) is 83.4 Å². The lowest BCUT2D eigenvalue weighted by atomic mass is 9.89. The van der Waals surface area contributed by atoms with Crippen LogP contribution >= 0.6 is 0 Å². The van der Waals surface area contributed by atoms with Gasteiger partial charge >= 0.3 is 0 Å². The van der Waals surface area contributed by atoms with Crippen LogP contribution in [0.1, 0.15) is 44.9 Å². The Morgan fingerprint density at radius 2 is 1.83 bits per heavy atom. The molecule has 3 rings (SSSR count). The Hall–Kier alpha value is -2.68. The van der Waals surface area contributed by atoms with E-state index >= 15 is 4.39 Å². The summed E-state index contributed by atoms with van der Waals surface area (Å²) in [5.41, 5.74) is 1.02. The largest absolute Gasteiger partial charge is 0.367 e. The molecular formula is C26H40FN5O3. The highest BCUT2D eigenvalue weighted by Crippen LogP contribution is 2.38. The summed E-state index contributed by atoms with van der Waals surface area (Å²) in [5.74, 6) is 0.0329. The van der Waals surface area contributed by atoms with Gasteiger partial charge in [0.2, 0.25) is 12.3 Å². The van der Waals surface area contributed by atoms with Crippen molar-refractivity contribution in [3.8, 4) is 0 Å². The average molecular weight is 490 g/mol. The van der Waals surface area contributed by atoms with Gasteiger partial charge in [-0.05, 0) is 37.3 Å². The predicted octanol–water partition coefficient (Wildman–Crippen LogP) is 2.65. The summed E-state index contributed by atoms with van der Waals surface area (Å²) >= 11 is 0. The molecule has 1 aliphatic heterocycles. The van der Waals surface area contributed by atoms with Gasteiger partial charge in [-0.25, -0.2) is 4.39 Å². The lowest BCUT2D eigenvalue weighted by molar-refractivity contribution is -0.122. The number of amides is 2. The molecule has 0 bridgehead atoms. The number of piperazine rings is 1. The molecule has 1 aromatic carbocycles. The molecule has 1 saturated carbocycles. The summed E-state index contributed by atoms with van der Waals surface area (Å²) in [6.07, 6.45) is 8.47. The number of nitrogens with one attached hydrogen (secondary N) is 1. The van der Waals surface area contributed by atoms with Crippen molar-refractivity contribution in [2.24, 2.45) is 5.92 Å². The Morgan fingerprint density at radius 3 is 2.43 bits per heavy atom. The maximum absolute atomic E-state index is 15.9. The molecule has 35 heavy (non-hydrogen) atoms. The molecule has 8 nitrogen and oxygen atoms in total. The van der Waals surface area contributed by atoms with E-state index in [9.17, 15) is 14.4 Å². The van der Waals surface area contributed by atoms with E-state index in [1.165, 1.54) is 51.1 Å². The molecule has 1 aromatic rings. The molecule has 0 aromatic heterocycles. The normalized spacial score (nSPS) is 18.1. The first-order valence-corrected chi connectivity index (χ1v) is 12.8. The minimum Gasteiger partial charge on any atom is -0.367 e. The van der Waals surface area contributed by atoms with Crippen LogP contribution in [0.2, 0.25) is 0 Å². The maximum Gasteiger partial charge on any atom is 0.242 e. The molecule has 1 N–H and O–H groups in total. The van der Waals surface area contributed by atoms with Crippen LogP contribution in [0.25, 0.3) is 0 Å². The van der Waals surface area contributed by atoms with E-state index in [1.54, 1.807) is 24.1 Å². The summed E-state index contributed by atoms with van der Waals surface area (Å²) in [4.78, 5) is 42.5. The zero-order valence-corrected chi connectivity index (χ0v) is 21.3. The SMILES string of the molecule is CNC(=O)C(CCC=O)N(C)c1ccc(N2CCN(CC3CCCCC3)CC2)c(F)c1N(C)C=O. The first kappa shape index (κ1) is 26.9. The first-order valence-electron chi connectivity index (χ1n) is 12.8. The molecule has 1 saturated heterocycles. The van der Waals surface area contributed by atoms with Crippen LogP contribution in [0.4, 0.5) is 21.5 Å². The Balaban J connectivity index is 1.80. The van der Waals surface area contributed by atoms with Crippen LogP contribution < -0.4 is 20.0 Å². The Kier molecular flexibility index (Phi) is 9.89. The molecule has 2 aliphatic rings. The number of aldehydes is 1. The monoisotopic (exact) mass is 489 g/mol. The van der Waals surface area contributed by atoms with E-state index in [0.29, 0.717) is 17.8 Å². The number of rotatable bonds is 11. The molecule has 194 valence electrons. The molecule has 9 heteroatoms. The fourth-order valence-corrected chi connectivity index (χ4v) is 5.43. The molecular weight excluding hydrogens is 449 g/mol. The van der Waals surface area contributed by atoms with Gasteiger partial charge in [0.1, 0.15) is 18.0 Å². The minimum absolute atomic E-state index is 0.129. The Labute approximate surface area is 208 Å². The van der Waals surface area contributed by atoms with E-state index in [2.05, 4.69) is 10.2 Å². The lowest BCUT2D eigenvalue weighted by Gasteiger charge is -2.39. The van der Waals surface area contributed by atoms with Crippen molar-refractivity contribution in [2.45, 2.75) is 51.0 Å². The maximum atomic E-state index is 15.9. The van der Waals surface area contributed by atoms with Crippen molar-refractivity contribution in [3.05, 3.63) is 17.9 Å². The summed E-state index contributed by atoms with van der Waals surface area (Å²) in [6.45, 7) is 4.36. The second kappa shape index (κ2) is 12.9. The van der Waals surface area contributed by atoms with Gasteiger partial charge < -0.3 is 24.8 Å². The molecule has 2 amide bonds. The van der Waals surface area contributed by atoms with Gasteiger partial charge in [-0.2, -0.15) is 0 Å². The van der Waals surface area contributed by atoms with Crippen molar-refractivity contribution >= 4 is 35.7 Å². The molecule has 0 radical (unpaired) electrons. The number of hydrogen-bond acceptors (Lipinski definition) is 6. The highest BCUT2D eigenvalue weighted by molar-refractivity contribution is 5.91. The smallest absolute Gasteiger partial charge is 0.242 e. The summed E-state index contributed by atoms with van der Waals surface area (Å²) in [6, 6.07) is 2.83. The number of hydrogen-bond donors (Lipinski definition) is 1. The highest BCUT2D eigenvalue weighted by Gasteiger charge is 2.29. The van der Waals surface area contributed by atoms with Crippen LogP contribution in [0.15, 0.2) is 12.1 Å². The second-order valence-electron chi connectivity index (χ2n) is 9.76. The van der Waals surface area contributed by atoms with Crippen LogP contribution in [0.5, 0.6) is 0 Å². The van der Waals surface area contributed by atoms with Crippen molar-refractivity contribution < 1.29 is 18.8 Å². The Morgan fingerprint density at radius 1 is 1.14 bits per heavy atom. The Bertz CT molecular complexity index is 869. The number of carbonyl (C=O) groups is 3. The molecule has 1 unspecified atom stereocenters.